The number of hydrogen-bond acceptors (Lipinski definition) is 7. The molecular weight excluding hydrogens is 447 g/mol. The van der Waals surface area contributed by atoms with Crippen molar-refractivity contribution in [3.63, 3.8) is 0 Å². The van der Waals surface area contributed by atoms with Crippen LogP contribution in [-0.2, 0) is 10.7 Å². The smallest absolute Gasteiger partial charge is 0.298 e. The number of pyridine rings is 1. The SMILES string of the molecule is COCC(F)(F)c1cccc([C@@H](C)Nc2nnc(C)c3ncc(N4CCC(O)CC4)cc23)c1F. The van der Waals surface area contributed by atoms with Crippen molar-refractivity contribution in [2.45, 2.75) is 44.8 Å². The molecule has 2 N–H and O–H groups in total. The molecule has 34 heavy (non-hydrogen) atoms. The summed E-state index contributed by atoms with van der Waals surface area (Å²) in [6.07, 6.45) is 2.83. The van der Waals surface area contributed by atoms with Crippen molar-refractivity contribution in [1.29, 1.82) is 0 Å². The van der Waals surface area contributed by atoms with E-state index in [9.17, 15) is 13.9 Å². The molecule has 0 aliphatic carbocycles. The number of ether oxygens (including phenoxy) is 1. The van der Waals surface area contributed by atoms with Crippen molar-refractivity contribution >= 4 is 22.4 Å². The van der Waals surface area contributed by atoms with Crippen LogP contribution in [0, 0.1) is 12.7 Å². The molecule has 7 nitrogen and oxygen atoms in total. The molecule has 182 valence electrons. The standard InChI is InChI=1S/C24H28F3N5O2/c1-14(18-5-4-6-20(21(18)25)24(26,27)13-34-3)29-23-19-11-16(32-9-7-17(33)8-10-32)12-28-22(19)15(2)30-31-23/h4-6,11-12,14,17,33H,7-10,13H2,1-3H3,(H,29,31)/t14-/m1/s1. The monoisotopic (exact) mass is 475 g/mol. The first kappa shape index (κ1) is 24.2. The van der Waals surface area contributed by atoms with Crippen LogP contribution in [0.15, 0.2) is 30.5 Å². The summed E-state index contributed by atoms with van der Waals surface area (Å²) in [5.41, 5.74) is 1.54. The van der Waals surface area contributed by atoms with E-state index in [1.165, 1.54) is 12.1 Å². The number of hydrogen-bond donors (Lipinski definition) is 2. The van der Waals surface area contributed by atoms with Crippen molar-refractivity contribution in [3.05, 3.63) is 53.1 Å². The average molecular weight is 476 g/mol. The fraction of sp³-hybridized carbons (Fsp3) is 0.458. The molecule has 3 aromatic rings. The number of piperidine rings is 1. The van der Waals surface area contributed by atoms with Gasteiger partial charge < -0.3 is 20.1 Å². The van der Waals surface area contributed by atoms with Crippen LogP contribution in [0.5, 0.6) is 0 Å². The average Bonchev–Trinajstić information content (AvgIpc) is 2.81. The van der Waals surface area contributed by atoms with Gasteiger partial charge in [-0.2, -0.15) is 13.9 Å². The van der Waals surface area contributed by atoms with Gasteiger partial charge in [0.2, 0.25) is 0 Å². The van der Waals surface area contributed by atoms with Crippen LogP contribution in [0.1, 0.15) is 42.6 Å². The zero-order valence-corrected chi connectivity index (χ0v) is 19.4. The van der Waals surface area contributed by atoms with E-state index in [-0.39, 0.29) is 11.7 Å². The van der Waals surface area contributed by atoms with Crippen molar-refractivity contribution in [2.75, 3.05) is 37.0 Å². The number of nitrogens with zero attached hydrogens (tertiary/aromatic N) is 4. The lowest BCUT2D eigenvalue weighted by Crippen LogP contribution is -2.35. The van der Waals surface area contributed by atoms with Crippen LogP contribution in [0.3, 0.4) is 0 Å². The summed E-state index contributed by atoms with van der Waals surface area (Å²) in [6, 6.07) is 5.20. The molecule has 10 heteroatoms. The van der Waals surface area contributed by atoms with E-state index >= 15 is 4.39 Å². The number of rotatable bonds is 7. The molecule has 2 aromatic heterocycles. The zero-order chi connectivity index (χ0) is 24.5. The highest BCUT2D eigenvalue weighted by Crippen LogP contribution is 2.35. The van der Waals surface area contributed by atoms with Gasteiger partial charge in [0.1, 0.15) is 12.4 Å². The van der Waals surface area contributed by atoms with E-state index in [1.807, 2.05) is 6.07 Å². The highest BCUT2D eigenvalue weighted by Gasteiger charge is 2.36. The maximum atomic E-state index is 15.1. The summed E-state index contributed by atoms with van der Waals surface area (Å²) in [5, 5.41) is 22.0. The number of aromatic nitrogens is 3. The van der Waals surface area contributed by atoms with E-state index in [1.54, 1.807) is 20.0 Å². The molecule has 0 bridgehead atoms. The number of fused-ring (bicyclic) bond motifs is 1. The fourth-order valence-corrected chi connectivity index (χ4v) is 4.26. The van der Waals surface area contributed by atoms with Crippen LogP contribution in [0.4, 0.5) is 24.7 Å². The van der Waals surface area contributed by atoms with Gasteiger partial charge >= 0.3 is 0 Å². The lowest BCUT2D eigenvalue weighted by atomic mass is 10.00. The maximum absolute atomic E-state index is 15.1. The lowest BCUT2D eigenvalue weighted by Gasteiger charge is -2.31. The lowest BCUT2D eigenvalue weighted by molar-refractivity contribution is -0.0722. The van der Waals surface area contributed by atoms with Crippen LogP contribution < -0.4 is 10.2 Å². The summed E-state index contributed by atoms with van der Waals surface area (Å²) >= 11 is 0. The number of halogens is 3. The number of aliphatic hydroxyl groups is 1. The Morgan fingerprint density at radius 3 is 2.71 bits per heavy atom. The van der Waals surface area contributed by atoms with Crippen LogP contribution in [0.25, 0.3) is 10.9 Å². The van der Waals surface area contributed by atoms with E-state index in [0.29, 0.717) is 48.3 Å². The number of methoxy groups -OCH3 is 1. The quantitative estimate of drug-likeness (QED) is 0.526. The number of alkyl halides is 2. The topological polar surface area (TPSA) is 83.4 Å². The molecule has 1 aliphatic rings. The summed E-state index contributed by atoms with van der Waals surface area (Å²) in [6.45, 7) is 3.98. The van der Waals surface area contributed by atoms with Crippen LogP contribution in [0.2, 0.25) is 0 Å². The fourth-order valence-electron chi connectivity index (χ4n) is 4.26. The molecule has 1 aliphatic heterocycles. The second-order valence-corrected chi connectivity index (χ2v) is 8.65. The Hall–Kier alpha value is -2.98. The predicted octanol–water partition coefficient (Wildman–Crippen LogP) is 4.34. The van der Waals surface area contributed by atoms with Crippen molar-refractivity contribution < 1.29 is 23.0 Å². The van der Waals surface area contributed by atoms with Crippen molar-refractivity contribution in [3.8, 4) is 0 Å². The third-order valence-electron chi connectivity index (χ3n) is 6.17. The molecule has 0 saturated carbocycles. The first-order valence-corrected chi connectivity index (χ1v) is 11.2. The normalized spacial score (nSPS) is 16.1. The summed E-state index contributed by atoms with van der Waals surface area (Å²) in [5.74, 6) is -4.06. The van der Waals surface area contributed by atoms with Gasteiger partial charge in [0.25, 0.3) is 5.92 Å². The van der Waals surface area contributed by atoms with Gasteiger partial charge in [-0.25, -0.2) is 4.39 Å². The van der Waals surface area contributed by atoms with E-state index in [0.717, 1.165) is 18.9 Å². The third-order valence-corrected chi connectivity index (χ3v) is 6.17. The summed E-state index contributed by atoms with van der Waals surface area (Å²) in [4.78, 5) is 6.71. The Morgan fingerprint density at radius 1 is 1.26 bits per heavy atom. The highest BCUT2D eigenvalue weighted by atomic mass is 19.3. The predicted molar refractivity (Wildman–Crippen MR) is 124 cm³/mol. The Kier molecular flexibility index (Phi) is 6.90. The first-order valence-electron chi connectivity index (χ1n) is 11.2. The minimum Gasteiger partial charge on any atom is -0.393 e. The molecular formula is C24H28F3N5O2. The van der Waals surface area contributed by atoms with Gasteiger partial charge in [0.15, 0.2) is 5.82 Å². The number of anilines is 2. The van der Waals surface area contributed by atoms with Gasteiger partial charge in [0.05, 0.1) is 40.8 Å². The molecule has 1 aromatic carbocycles. The first-order chi connectivity index (χ1) is 16.2. The molecule has 1 saturated heterocycles. The molecule has 0 amide bonds. The Labute approximate surface area is 196 Å². The van der Waals surface area contributed by atoms with E-state index in [4.69, 9.17) is 0 Å². The Bertz CT molecular complexity index is 1170. The third kappa shape index (κ3) is 4.78. The Morgan fingerprint density at radius 2 is 2.00 bits per heavy atom. The molecule has 1 atom stereocenters. The van der Waals surface area contributed by atoms with Crippen molar-refractivity contribution in [2.24, 2.45) is 0 Å². The second kappa shape index (κ2) is 9.71. The minimum absolute atomic E-state index is 0.0814. The van der Waals surface area contributed by atoms with Gasteiger partial charge in [-0.3, -0.25) is 4.98 Å². The summed E-state index contributed by atoms with van der Waals surface area (Å²) in [7, 11) is 1.15. The maximum Gasteiger partial charge on any atom is 0.298 e. The van der Waals surface area contributed by atoms with E-state index in [2.05, 4.69) is 30.1 Å². The van der Waals surface area contributed by atoms with Crippen LogP contribution >= 0.6 is 0 Å². The zero-order valence-electron chi connectivity index (χ0n) is 19.4. The second-order valence-electron chi connectivity index (χ2n) is 8.65. The highest BCUT2D eigenvalue weighted by molar-refractivity contribution is 5.92. The molecule has 4 rings (SSSR count). The van der Waals surface area contributed by atoms with Crippen LogP contribution in [-0.4, -0.2) is 53.2 Å². The number of aliphatic hydroxyl groups excluding tert-OH is 1. The van der Waals surface area contributed by atoms with Gasteiger partial charge in [-0.1, -0.05) is 12.1 Å². The van der Waals surface area contributed by atoms with Gasteiger partial charge in [-0.05, 0) is 38.8 Å². The van der Waals surface area contributed by atoms with Gasteiger partial charge in [0, 0.05) is 31.1 Å². The number of nitrogens with one attached hydrogen (secondary N) is 1. The number of benzene rings is 1. The molecule has 1 fully saturated rings. The van der Waals surface area contributed by atoms with Crippen molar-refractivity contribution in [1.82, 2.24) is 15.2 Å². The molecule has 3 heterocycles. The summed E-state index contributed by atoms with van der Waals surface area (Å²) < 4.78 is 48.4. The number of aryl methyl sites for hydroxylation is 1. The molecule has 0 unspecified atom stereocenters. The largest absolute Gasteiger partial charge is 0.393 e. The van der Waals surface area contributed by atoms with E-state index < -0.39 is 30.0 Å². The molecule has 0 spiro atoms. The molecule has 0 radical (unpaired) electrons. The minimum atomic E-state index is -3.45. The Balaban J connectivity index is 1.67. The van der Waals surface area contributed by atoms with Gasteiger partial charge in [-0.15, -0.1) is 5.10 Å².